The van der Waals surface area contributed by atoms with Gasteiger partial charge in [0.25, 0.3) is 0 Å². The lowest BCUT2D eigenvalue weighted by atomic mass is 9.90. The van der Waals surface area contributed by atoms with Crippen molar-refractivity contribution in [1.29, 1.82) is 0 Å². The number of carbonyl (C=O) groups excluding carboxylic acids is 2. The summed E-state index contributed by atoms with van der Waals surface area (Å²) in [5, 5.41) is 16.0. The quantitative estimate of drug-likeness (QED) is 0.297. The van der Waals surface area contributed by atoms with Gasteiger partial charge in [-0.3, -0.25) is 9.59 Å². The first-order valence-electron chi connectivity index (χ1n) is 11.6. The Balaban J connectivity index is 0.00000220. The number of nitrogens with one attached hydrogen (secondary N) is 2. The molecule has 1 aliphatic rings. The Bertz CT molecular complexity index is 1540. The minimum absolute atomic E-state index is 0. The van der Waals surface area contributed by atoms with Gasteiger partial charge in [-0.2, -0.15) is 0 Å². The maximum Gasteiger partial charge on any atom is 0.239 e. The molecule has 2 amide bonds. The lowest BCUT2D eigenvalue weighted by Gasteiger charge is -2.23. The molecule has 0 atom stereocenters. The number of rotatable bonds is 6. The van der Waals surface area contributed by atoms with Crippen LogP contribution in [0.4, 0.5) is 15.8 Å². The molecule has 2 heterocycles. The highest BCUT2D eigenvalue weighted by atomic mass is 19.1. The van der Waals surface area contributed by atoms with Crippen LogP contribution in [0.1, 0.15) is 16.7 Å². The van der Waals surface area contributed by atoms with Crippen LogP contribution in [0.2, 0.25) is 0 Å². The number of amides is 2. The van der Waals surface area contributed by atoms with Crippen LogP contribution in [-0.4, -0.2) is 40.1 Å². The Morgan fingerprint density at radius 3 is 2.16 bits per heavy atom. The molecular formula is C27H27FN4O6. The summed E-state index contributed by atoms with van der Waals surface area (Å²) in [7, 11) is 0. The van der Waals surface area contributed by atoms with E-state index >= 15 is 0 Å². The number of hydrogen-bond donors (Lipinski definition) is 3. The smallest absolute Gasteiger partial charge is 0.239 e. The van der Waals surface area contributed by atoms with Gasteiger partial charge in [0.1, 0.15) is 41.9 Å². The molecule has 1 aliphatic heterocycles. The zero-order valence-corrected chi connectivity index (χ0v) is 20.4. The van der Waals surface area contributed by atoms with Crippen molar-refractivity contribution in [1.82, 2.24) is 9.97 Å². The van der Waals surface area contributed by atoms with Gasteiger partial charge in [0.2, 0.25) is 23.4 Å². The molecule has 0 radical (unpaired) electrons. The molecule has 10 nitrogen and oxygen atoms in total. The highest BCUT2D eigenvalue weighted by molar-refractivity contribution is 6.14. The first kappa shape index (κ1) is 24.8. The van der Waals surface area contributed by atoms with Crippen LogP contribution in [-0.2, 0) is 9.59 Å². The van der Waals surface area contributed by atoms with Crippen molar-refractivity contribution < 1.29 is 36.1 Å². The summed E-state index contributed by atoms with van der Waals surface area (Å²) in [6, 6.07) is 13.2. The summed E-state index contributed by atoms with van der Waals surface area (Å²) >= 11 is 0. The number of aromatic hydroxyl groups is 1. The Hall–Kier alpha value is -4.93. The second-order valence-electron chi connectivity index (χ2n) is 8.99. The number of ether oxygens (including phenoxy) is 3. The van der Waals surface area contributed by atoms with Crippen molar-refractivity contribution in [2.45, 2.75) is 13.8 Å². The lowest BCUT2D eigenvalue weighted by molar-refractivity contribution is -0.135. The minimum Gasteiger partial charge on any atom is -0.504 e. The zero-order chi connectivity index (χ0) is 26.9. The second-order valence-corrected chi connectivity index (χ2v) is 8.99. The van der Waals surface area contributed by atoms with E-state index < -0.39 is 23.0 Å². The van der Waals surface area contributed by atoms with E-state index in [4.69, 9.17) is 14.2 Å². The largest absolute Gasteiger partial charge is 0.504 e. The molecule has 0 spiro atoms. The van der Waals surface area contributed by atoms with Crippen molar-refractivity contribution in [2.75, 3.05) is 23.8 Å². The van der Waals surface area contributed by atoms with Crippen LogP contribution < -0.4 is 24.8 Å². The van der Waals surface area contributed by atoms with E-state index in [-0.39, 0.29) is 20.2 Å². The first-order valence-corrected chi connectivity index (χ1v) is 11.6. The normalized spacial score (nSPS) is 12.6. The molecule has 0 saturated heterocycles. The zero-order valence-electron chi connectivity index (χ0n) is 20.4. The predicted octanol–water partition coefficient (Wildman–Crippen LogP) is 5.13. The van der Waals surface area contributed by atoms with Crippen molar-refractivity contribution in [3.05, 3.63) is 66.7 Å². The van der Waals surface area contributed by atoms with E-state index in [0.717, 1.165) is 0 Å². The molecule has 1 aromatic heterocycles. The number of phenolic OH excluding ortho intramolecular Hbond substituents is 1. The predicted molar refractivity (Wildman–Crippen MR) is 140 cm³/mol. The van der Waals surface area contributed by atoms with Crippen molar-refractivity contribution in [3.8, 4) is 28.9 Å². The fraction of sp³-hybridized carbons (Fsp3) is 0.185. The van der Waals surface area contributed by atoms with Gasteiger partial charge in [0.05, 0.1) is 5.52 Å². The van der Waals surface area contributed by atoms with Crippen molar-refractivity contribution in [2.24, 2.45) is 5.41 Å². The number of halogens is 1. The molecular weight excluding hydrogens is 495 g/mol. The molecule has 0 unspecified atom stereocenters. The van der Waals surface area contributed by atoms with Gasteiger partial charge in [0, 0.05) is 20.3 Å². The number of nitrogens with zero attached hydrogens (tertiary/aromatic N) is 2. The highest BCUT2D eigenvalue weighted by Gasteiger charge is 2.36. The molecule has 5 rings (SSSR count). The Labute approximate surface area is 219 Å². The average molecular weight is 523 g/mol. The Morgan fingerprint density at radius 2 is 1.53 bits per heavy atom. The molecule has 0 fully saturated rings. The summed E-state index contributed by atoms with van der Waals surface area (Å²) in [5.74, 6) is -0.483. The van der Waals surface area contributed by atoms with Gasteiger partial charge in [0.15, 0.2) is 11.5 Å². The van der Waals surface area contributed by atoms with Crippen LogP contribution in [0, 0.1) is 11.2 Å². The Morgan fingerprint density at radius 1 is 0.947 bits per heavy atom. The van der Waals surface area contributed by atoms with Crippen LogP contribution >= 0.6 is 0 Å². The van der Waals surface area contributed by atoms with Crippen molar-refractivity contribution in [3.63, 3.8) is 0 Å². The molecule has 0 bridgehead atoms. The fourth-order valence-corrected chi connectivity index (χ4v) is 3.70. The molecule has 3 N–H and O–H groups in total. The third kappa shape index (κ3) is 4.85. The summed E-state index contributed by atoms with van der Waals surface area (Å²) in [5.41, 5.74) is -0.182. The van der Waals surface area contributed by atoms with Gasteiger partial charge in [-0.05, 0) is 62.4 Å². The van der Waals surface area contributed by atoms with Gasteiger partial charge >= 0.3 is 0 Å². The average Bonchev–Trinajstić information content (AvgIpc) is 2.91. The van der Waals surface area contributed by atoms with Gasteiger partial charge in [-0.25, -0.2) is 14.4 Å². The van der Waals surface area contributed by atoms with Gasteiger partial charge in [-0.15, -0.1) is 0 Å². The monoisotopic (exact) mass is 522 g/mol. The number of aromatic nitrogens is 2. The standard InChI is InChI=1S/C27H23FN4O6.2H2/c1-27(2,25(34)31-16-5-3-15(28)4-6-16)26(35)32-17-7-9-18(10-8-17)38-24-21-19(29-14-30-24)13-20(33)22-23(21)37-12-11-36-22;;/h3-10,13-14,33H,11-12H2,1-2H3,(H,31,34)(H,32,35);2*1H. The number of hydrogen-bond acceptors (Lipinski definition) is 8. The van der Waals surface area contributed by atoms with Crippen LogP contribution in [0.3, 0.4) is 0 Å². The third-order valence-corrected chi connectivity index (χ3v) is 5.92. The first-order chi connectivity index (χ1) is 18.2. The fourth-order valence-electron chi connectivity index (χ4n) is 3.70. The van der Waals surface area contributed by atoms with E-state index in [9.17, 15) is 19.1 Å². The van der Waals surface area contributed by atoms with Crippen LogP contribution in [0.5, 0.6) is 28.9 Å². The number of carbonyl (C=O) groups is 2. The van der Waals surface area contributed by atoms with E-state index in [1.54, 1.807) is 24.3 Å². The summed E-state index contributed by atoms with van der Waals surface area (Å²) in [6.07, 6.45) is 1.31. The van der Waals surface area contributed by atoms with E-state index in [1.807, 2.05) is 0 Å². The molecule has 11 heteroatoms. The highest BCUT2D eigenvalue weighted by Crippen LogP contribution is 2.47. The minimum atomic E-state index is -1.42. The molecule has 38 heavy (non-hydrogen) atoms. The second kappa shape index (κ2) is 9.85. The van der Waals surface area contributed by atoms with E-state index in [1.165, 1.54) is 50.5 Å². The lowest BCUT2D eigenvalue weighted by Crippen LogP contribution is -2.41. The van der Waals surface area contributed by atoms with Crippen LogP contribution in [0.15, 0.2) is 60.9 Å². The summed E-state index contributed by atoms with van der Waals surface area (Å²) in [6.45, 7) is 3.58. The van der Waals surface area contributed by atoms with Gasteiger partial charge in [-0.1, -0.05) is 0 Å². The SMILES string of the molecule is CC(C)(C(=O)Nc1ccc(F)cc1)C(=O)Nc1ccc(Oc2ncnc3cc(O)c4c(c23)OCCO4)cc1.[HH].[HH]. The molecule has 4 aromatic rings. The third-order valence-electron chi connectivity index (χ3n) is 5.92. The van der Waals surface area contributed by atoms with E-state index in [0.29, 0.717) is 47.0 Å². The number of fused-ring (bicyclic) bond motifs is 3. The number of phenols is 1. The summed E-state index contributed by atoms with van der Waals surface area (Å²) < 4.78 is 30.3. The molecule has 0 aliphatic carbocycles. The topological polar surface area (TPSA) is 132 Å². The molecule has 198 valence electrons. The summed E-state index contributed by atoms with van der Waals surface area (Å²) in [4.78, 5) is 34.0. The number of benzene rings is 3. The molecule has 3 aromatic carbocycles. The number of anilines is 2. The van der Waals surface area contributed by atoms with E-state index in [2.05, 4.69) is 20.6 Å². The molecule has 0 saturated carbocycles. The van der Waals surface area contributed by atoms with Gasteiger partial charge < -0.3 is 30.0 Å². The Kier molecular flexibility index (Phi) is 6.41. The van der Waals surface area contributed by atoms with Crippen molar-refractivity contribution >= 4 is 34.1 Å². The maximum atomic E-state index is 13.1. The van der Waals surface area contributed by atoms with Crippen LogP contribution in [0.25, 0.3) is 10.9 Å². The maximum absolute atomic E-state index is 13.1.